The van der Waals surface area contributed by atoms with E-state index in [9.17, 15) is 14.0 Å². The molecule has 0 saturated heterocycles. The number of rotatable bonds is 8. The van der Waals surface area contributed by atoms with Crippen LogP contribution in [0.2, 0.25) is 0 Å². The molecule has 0 spiro atoms. The highest BCUT2D eigenvalue weighted by Crippen LogP contribution is 2.34. The van der Waals surface area contributed by atoms with Crippen LogP contribution in [-0.4, -0.2) is 39.8 Å². The van der Waals surface area contributed by atoms with Crippen LogP contribution in [0.25, 0.3) is 0 Å². The number of hydrogen-bond donors (Lipinski definition) is 1. The molecule has 0 aliphatic heterocycles. The Labute approximate surface area is 162 Å². The first-order valence-corrected chi connectivity index (χ1v) is 8.38. The monoisotopic (exact) mass is 391 g/mol. The van der Waals surface area contributed by atoms with Gasteiger partial charge in [0.25, 0.3) is 5.91 Å². The number of nitrogens with one attached hydrogen (secondary N) is 1. The van der Waals surface area contributed by atoms with Crippen molar-refractivity contribution in [2.75, 3.05) is 27.9 Å². The van der Waals surface area contributed by atoms with Crippen molar-refractivity contribution in [3.8, 4) is 17.2 Å². The van der Waals surface area contributed by atoms with Gasteiger partial charge in [-0.3, -0.25) is 4.79 Å². The van der Waals surface area contributed by atoms with Crippen LogP contribution in [0.15, 0.2) is 30.3 Å². The van der Waals surface area contributed by atoms with Gasteiger partial charge in [-0.25, -0.2) is 9.18 Å². The van der Waals surface area contributed by atoms with E-state index in [1.165, 1.54) is 33.5 Å². The Morgan fingerprint density at radius 1 is 0.964 bits per heavy atom. The molecule has 150 valence electrons. The lowest BCUT2D eigenvalue weighted by Crippen LogP contribution is -2.28. The van der Waals surface area contributed by atoms with Crippen molar-refractivity contribution in [3.63, 3.8) is 0 Å². The lowest BCUT2D eigenvalue weighted by atomic mass is 10.1. The fraction of sp³-hybridized carbons (Fsp3) is 0.300. The quantitative estimate of drug-likeness (QED) is 0.697. The van der Waals surface area contributed by atoms with Crippen molar-refractivity contribution in [1.82, 2.24) is 5.32 Å². The minimum Gasteiger partial charge on any atom is -0.496 e. The summed E-state index contributed by atoms with van der Waals surface area (Å²) in [6, 6.07) is 7.30. The molecule has 0 atom stereocenters. The molecule has 0 aromatic heterocycles. The average molecular weight is 391 g/mol. The van der Waals surface area contributed by atoms with Crippen LogP contribution in [0.4, 0.5) is 4.39 Å². The lowest BCUT2D eigenvalue weighted by Gasteiger charge is -2.14. The molecule has 2 aromatic carbocycles. The van der Waals surface area contributed by atoms with Gasteiger partial charge in [0.1, 0.15) is 11.6 Å². The van der Waals surface area contributed by atoms with E-state index in [1.54, 1.807) is 19.1 Å². The topological polar surface area (TPSA) is 83.1 Å². The Kier molecular flexibility index (Phi) is 7.20. The number of hydrogen-bond acceptors (Lipinski definition) is 6. The highest BCUT2D eigenvalue weighted by molar-refractivity contribution is 5.91. The van der Waals surface area contributed by atoms with Gasteiger partial charge in [-0.1, -0.05) is 6.07 Å². The van der Waals surface area contributed by atoms with Crippen LogP contribution in [0.1, 0.15) is 21.5 Å². The van der Waals surface area contributed by atoms with Crippen LogP contribution in [0.5, 0.6) is 17.2 Å². The van der Waals surface area contributed by atoms with E-state index in [-0.39, 0.29) is 12.1 Å². The van der Waals surface area contributed by atoms with Crippen molar-refractivity contribution < 1.29 is 32.9 Å². The Balaban J connectivity index is 1.95. The Morgan fingerprint density at radius 2 is 1.61 bits per heavy atom. The molecule has 0 fully saturated rings. The molecule has 0 unspecified atom stereocenters. The summed E-state index contributed by atoms with van der Waals surface area (Å²) >= 11 is 0. The molecule has 2 rings (SSSR count). The summed E-state index contributed by atoms with van der Waals surface area (Å²) in [4.78, 5) is 23.9. The molecule has 1 N–H and O–H groups in total. The van der Waals surface area contributed by atoms with E-state index < -0.39 is 24.3 Å². The van der Waals surface area contributed by atoms with Gasteiger partial charge < -0.3 is 24.3 Å². The van der Waals surface area contributed by atoms with Crippen LogP contribution in [0, 0.1) is 12.7 Å². The number of methoxy groups -OCH3 is 3. The second-order valence-corrected chi connectivity index (χ2v) is 5.84. The number of halogens is 1. The third-order valence-corrected chi connectivity index (χ3v) is 4.00. The van der Waals surface area contributed by atoms with Crippen LogP contribution in [-0.2, 0) is 16.1 Å². The molecule has 2 aromatic rings. The van der Waals surface area contributed by atoms with E-state index in [1.807, 2.05) is 0 Å². The van der Waals surface area contributed by atoms with Gasteiger partial charge in [0.2, 0.25) is 0 Å². The standard InChI is InChI=1S/C20H22FNO6/c1-12-5-6-13(7-15(12)21)20(24)28-11-19(23)22-10-14-8-17(26-3)18(27-4)9-16(14)25-2/h5-9H,10-11H2,1-4H3,(H,22,23). The van der Waals surface area contributed by atoms with Crippen molar-refractivity contribution in [2.24, 2.45) is 0 Å². The molecular weight excluding hydrogens is 369 g/mol. The molecule has 1 amide bonds. The van der Waals surface area contributed by atoms with E-state index >= 15 is 0 Å². The fourth-order valence-electron chi connectivity index (χ4n) is 2.41. The normalized spacial score (nSPS) is 10.2. The molecule has 8 heteroatoms. The SMILES string of the molecule is COc1cc(OC)c(OC)cc1CNC(=O)COC(=O)c1ccc(C)c(F)c1. The number of carbonyl (C=O) groups is 2. The van der Waals surface area contributed by atoms with E-state index in [4.69, 9.17) is 18.9 Å². The maximum atomic E-state index is 13.5. The summed E-state index contributed by atoms with van der Waals surface area (Å²) in [5, 5.41) is 2.62. The first-order chi connectivity index (χ1) is 13.4. The van der Waals surface area contributed by atoms with E-state index in [2.05, 4.69) is 5.32 Å². The summed E-state index contributed by atoms with van der Waals surface area (Å²) in [5.74, 6) is -0.325. The van der Waals surface area contributed by atoms with Gasteiger partial charge in [-0.2, -0.15) is 0 Å². The highest BCUT2D eigenvalue weighted by atomic mass is 19.1. The molecule has 0 aliphatic rings. The summed E-state index contributed by atoms with van der Waals surface area (Å²) in [6.45, 7) is 1.21. The predicted octanol–water partition coefficient (Wildman–Crippen LogP) is 2.63. The number of esters is 1. The maximum Gasteiger partial charge on any atom is 0.338 e. The summed E-state index contributed by atoms with van der Waals surface area (Å²) in [6.07, 6.45) is 0. The summed E-state index contributed by atoms with van der Waals surface area (Å²) in [5.41, 5.74) is 1.11. The fourth-order valence-corrected chi connectivity index (χ4v) is 2.41. The molecule has 0 radical (unpaired) electrons. The number of ether oxygens (including phenoxy) is 4. The zero-order valence-electron chi connectivity index (χ0n) is 16.1. The van der Waals surface area contributed by atoms with E-state index in [0.29, 0.717) is 28.4 Å². The van der Waals surface area contributed by atoms with Crippen molar-refractivity contribution in [1.29, 1.82) is 0 Å². The molecule has 0 saturated carbocycles. The molecule has 0 bridgehead atoms. The van der Waals surface area contributed by atoms with Gasteiger partial charge in [0.15, 0.2) is 18.1 Å². The summed E-state index contributed by atoms with van der Waals surface area (Å²) in [7, 11) is 4.50. The molecule has 28 heavy (non-hydrogen) atoms. The van der Waals surface area contributed by atoms with Crippen LogP contribution < -0.4 is 19.5 Å². The van der Waals surface area contributed by atoms with Crippen molar-refractivity contribution in [3.05, 3.63) is 52.8 Å². The Morgan fingerprint density at radius 3 is 2.21 bits per heavy atom. The number of amides is 1. The summed E-state index contributed by atoms with van der Waals surface area (Å²) < 4.78 is 34.2. The number of carbonyl (C=O) groups excluding carboxylic acids is 2. The molecular formula is C20H22FNO6. The second kappa shape index (κ2) is 9.59. The second-order valence-electron chi connectivity index (χ2n) is 5.84. The highest BCUT2D eigenvalue weighted by Gasteiger charge is 2.15. The first-order valence-electron chi connectivity index (χ1n) is 8.38. The number of benzene rings is 2. The lowest BCUT2D eigenvalue weighted by molar-refractivity contribution is -0.124. The van der Waals surface area contributed by atoms with Gasteiger partial charge in [0, 0.05) is 18.2 Å². The zero-order valence-corrected chi connectivity index (χ0v) is 16.1. The van der Waals surface area contributed by atoms with Gasteiger partial charge in [-0.15, -0.1) is 0 Å². The first kappa shape index (κ1) is 21.0. The van der Waals surface area contributed by atoms with Gasteiger partial charge in [0.05, 0.1) is 26.9 Å². The van der Waals surface area contributed by atoms with Crippen molar-refractivity contribution in [2.45, 2.75) is 13.5 Å². The largest absolute Gasteiger partial charge is 0.496 e. The Hall–Kier alpha value is -3.29. The van der Waals surface area contributed by atoms with Crippen LogP contribution >= 0.6 is 0 Å². The smallest absolute Gasteiger partial charge is 0.338 e. The minimum atomic E-state index is -0.780. The molecule has 7 nitrogen and oxygen atoms in total. The number of aryl methyl sites for hydroxylation is 1. The molecule has 0 aliphatic carbocycles. The van der Waals surface area contributed by atoms with Gasteiger partial charge >= 0.3 is 5.97 Å². The third-order valence-electron chi connectivity index (χ3n) is 4.00. The van der Waals surface area contributed by atoms with Crippen LogP contribution in [0.3, 0.4) is 0 Å². The minimum absolute atomic E-state index is 0.0393. The van der Waals surface area contributed by atoms with Crippen molar-refractivity contribution >= 4 is 11.9 Å². The average Bonchev–Trinajstić information content (AvgIpc) is 2.71. The predicted molar refractivity (Wildman–Crippen MR) is 99.4 cm³/mol. The van der Waals surface area contributed by atoms with E-state index in [0.717, 1.165) is 6.07 Å². The molecule has 0 heterocycles. The Bertz CT molecular complexity index is 868. The van der Waals surface area contributed by atoms with Gasteiger partial charge in [-0.05, 0) is 30.7 Å². The maximum absolute atomic E-state index is 13.5. The zero-order chi connectivity index (χ0) is 20.7. The third kappa shape index (κ3) is 5.12.